The zero-order chi connectivity index (χ0) is 19.1. The molecule has 0 spiro atoms. The molecule has 3 rings (SSSR count). The lowest BCUT2D eigenvalue weighted by atomic mass is 10.1. The number of nitrogens with zero attached hydrogens (tertiary/aromatic N) is 2. The summed E-state index contributed by atoms with van der Waals surface area (Å²) < 4.78 is 0. The van der Waals surface area contributed by atoms with E-state index >= 15 is 0 Å². The van der Waals surface area contributed by atoms with E-state index in [0.717, 1.165) is 16.3 Å². The molecule has 2 amide bonds. The van der Waals surface area contributed by atoms with Gasteiger partial charge in [0.05, 0.1) is 17.0 Å². The standard InChI is InChI=1S/C19H18N4O2S2/c1-2-17-22-23-19(27-17)21-18(25)14-10-6-7-11-15(14)20-16(24)12-26-13-8-4-3-5-9-13/h3-11H,2,12H2,1H3,(H,20,24)(H,21,23,25). The van der Waals surface area contributed by atoms with Gasteiger partial charge in [0.25, 0.3) is 5.91 Å². The number of benzene rings is 2. The zero-order valence-electron chi connectivity index (χ0n) is 14.6. The monoisotopic (exact) mass is 398 g/mol. The summed E-state index contributed by atoms with van der Waals surface area (Å²) in [6.45, 7) is 1.98. The van der Waals surface area contributed by atoms with E-state index in [1.165, 1.54) is 23.1 Å². The molecular formula is C19H18N4O2S2. The Balaban J connectivity index is 1.64. The number of thioether (sulfide) groups is 1. The largest absolute Gasteiger partial charge is 0.325 e. The van der Waals surface area contributed by atoms with Crippen LogP contribution in [-0.2, 0) is 11.2 Å². The van der Waals surface area contributed by atoms with Crippen molar-refractivity contribution in [3.8, 4) is 0 Å². The minimum atomic E-state index is -0.333. The van der Waals surface area contributed by atoms with Crippen LogP contribution in [0.4, 0.5) is 10.8 Å². The third-order valence-electron chi connectivity index (χ3n) is 3.55. The first-order valence-electron chi connectivity index (χ1n) is 8.36. The number of amides is 2. The van der Waals surface area contributed by atoms with Crippen molar-refractivity contribution in [2.45, 2.75) is 18.2 Å². The molecule has 138 valence electrons. The van der Waals surface area contributed by atoms with Gasteiger partial charge in [-0.05, 0) is 30.7 Å². The number of aryl methyl sites for hydroxylation is 1. The van der Waals surface area contributed by atoms with Gasteiger partial charge < -0.3 is 5.32 Å². The molecule has 0 fully saturated rings. The van der Waals surface area contributed by atoms with Crippen LogP contribution in [0.25, 0.3) is 0 Å². The van der Waals surface area contributed by atoms with Gasteiger partial charge in [0.1, 0.15) is 5.01 Å². The Morgan fingerprint density at radius 3 is 2.48 bits per heavy atom. The molecule has 1 aromatic heterocycles. The van der Waals surface area contributed by atoms with Crippen LogP contribution in [0, 0.1) is 0 Å². The van der Waals surface area contributed by atoms with Gasteiger partial charge in [0.2, 0.25) is 11.0 Å². The molecule has 0 saturated carbocycles. The van der Waals surface area contributed by atoms with E-state index < -0.39 is 0 Å². The summed E-state index contributed by atoms with van der Waals surface area (Å²) >= 11 is 2.78. The fourth-order valence-electron chi connectivity index (χ4n) is 2.25. The van der Waals surface area contributed by atoms with Crippen molar-refractivity contribution in [3.63, 3.8) is 0 Å². The van der Waals surface area contributed by atoms with E-state index in [9.17, 15) is 9.59 Å². The third-order valence-corrected chi connectivity index (χ3v) is 5.54. The van der Waals surface area contributed by atoms with Crippen molar-refractivity contribution in [1.82, 2.24) is 10.2 Å². The Hall–Kier alpha value is -2.71. The number of hydrogen-bond donors (Lipinski definition) is 2. The van der Waals surface area contributed by atoms with E-state index in [4.69, 9.17) is 0 Å². The number of nitrogens with one attached hydrogen (secondary N) is 2. The Kier molecular flexibility index (Phi) is 6.56. The average Bonchev–Trinajstić information content (AvgIpc) is 3.15. The topological polar surface area (TPSA) is 84.0 Å². The third kappa shape index (κ3) is 5.38. The number of carbonyl (C=O) groups is 2. The van der Waals surface area contributed by atoms with Crippen molar-refractivity contribution >= 4 is 45.7 Å². The van der Waals surface area contributed by atoms with Gasteiger partial charge in [-0.15, -0.1) is 22.0 Å². The second-order valence-corrected chi connectivity index (χ2v) is 7.61. The zero-order valence-corrected chi connectivity index (χ0v) is 16.3. The van der Waals surface area contributed by atoms with Gasteiger partial charge in [0.15, 0.2) is 0 Å². The van der Waals surface area contributed by atoms with Gasteiger partial charge in [-0.3, -0.25) is 14.9 Å². The van der Waals surface area contributed by atoms with E-state index in [1.807, 2.05) is 37.3 Å². The summed E-state index contributed by atoms with van der Waals surface area (Å²) in [6, 6.07) is 16.6. The lowest BCUT2D eigenvalue weighted by Crippen LogP contribution is -2.19. The number of rotatable bonds is 7. The highest BCUT2D eigenvalue weighted by atomic mass is 32.2. The summed E-state index contributed by atoms with van der Waals surface area (Å²) in [5.74, 6) is -0.246. The second-order valence-electron chi connectivity index (χ2n) is 5.50. The lowest BCUT2D eigenvalue weighted by Gasteiger charge is -2.10. The Morgan fingerprint density at radius 1 is 1.00 bits per heavy atom. The second kappa shape index (κ2) is 9.29. The van der Waals surface area contributed by atoms with Crippen LogP contribution in [0.5, 0.6) is 0 Å². The summed E-state index contributed by atoms with van der Waals surface area (Å²) in [7, 11) is 0. The number of anilines is 2. The number of aromatic nitrogens is 2. The molecule has 2 aromatic carbocycles. The molecule has 0 aliphatic carbocycles. The normalized spacial score (nSPS) is 10.4. The molecule has 8 heteroatoms. The van der Waals surface area contributed by atoms with Crippen molar-refractivity contribution < 1.29 is 9.59 Å². The van der Waals surface area contributed by atoms with Crippen LogP contribution in [-0.4, -0.2) is 27.8 Å². The summed E-state index contributed by atoms with van der Waals surface area (Å²) in [5.41, 5.74) is 0.845. The number of carbonyl (C=O) groups excluding carboxylic acids is 2. The Bertz CT molecular complexity index is 928. The first kappa shape index (κ1) is 19.1. The fraction of sp³-hybridized carbons (Fsp3) is 0.158. The molecule has 3 aromatic rings. The minimum absolute atomic E-state index is 0.173. The molecule has 6 nitrogen and oxygen atoms in total. The highest BCUT2D eigenvalue weighted by Gasteiger charge is 2.15. The Morgan fingerprint density at radius 2 is 1.74 bits per heavy atom. The molecule has 27 heavy (non-hydrogen) atoms. The van der Waals surface area contributed by atoms with Gasteiger partial charge in [-0.1, -0.05) is 48.6 Å². The molecule has 1 heterocycles. The maximum Gasteiger partial charge on any atom is 0.259 e. The quantitative estimate of drug-likeness (QED) is 0.586. The van der Waals surface area contributed by atoms with Crippen LogP contribution < -0.4 is 10.6 Å². The van der Waals surface area contributed by atoms with Gasteiger partial charge in [0, 0.05) is 4.90 Å². The minimum Gasteiger partial charge on any atom is -0.325 e. The Labute approximate surface area is 165 Å². The van der Waals surface area contributed by atoms with Crippen LogP contribution in [0.1, 0.15) is 22.3 Å². The molecule has 2 N–H and O–H groups in total. The lowest BCUT2D eigenvalue weighted by molar-refractivity contribution is -0.113. The summed E-state index contributed by atoms with van der Waals surface area (Å²) in [5, 5.41) is 14.8. The molecule has 0 bridgehead atoms. The van der Waals surface area contributed by atoms with E-state index in [-0.39, 0.29) is 17.6 Å². The predicted molar refractivity (Wildman–Crippen MR) is 109 cm³/mol. The summed E-state index contributed by atoms with van der Waals surface area (Å²) in [4.78, 5) is 25.9. The van der Waals surface area contributed by atoms with E-state index in [0.29, 0.717) is 16.4 Å². The van der Waals surface area contributed by atoms with Crippen LogP contribution in [0.3, 0.4) is 0 Å². The maximum absolute atomic E-state index is 12.6. The highest BCUT2D eigenvalue weighted by Crippen LogP contribution is 2.21. The van der Waals surface area contributed by atoms with Crippen LogP contribution in [0.2, 0.25) is 0 Å². The van der Waals surface area contributed by atoms with E-state index in [1.54, 1.807) is 24.3 Å². The van der Waals surface area contributed by atoms with Crippen molar-refractivity contribution in [2.75, 3.05) is 16.4 Å². The highest BCUT2D eigenvalue weighted by molar-refractivity contribution is 8.00. The fourth-order valence-corrected chi connectivity index (χ4v) is 3.65. The van der Waals surface area contributed by atoms with Crippen LogP contribution >= 0.6 is 23.1 Å². The van der Waals surface area contributed by atoms with Gasteiger partial charge >= 0.3 is 0 Å². The number of para-hydroxylation sites is 1. The van der Waals surface area contributed by atoms with Gasteiger partial charge in [-0.2, -0.15) is 0 Å². The van der Waals surface area contributed by atoms with E-state index in [2.05, 4.69) is 20.8 Å². The molecule has 0 aliphatic heterocycles. The molecule has 0 saturated heterocycles. The molecule has 0 atom stereocenters. The summed E-state index contributed by atoms with van der Waals surface area (Å²) in [6.07, 6.45) is 0.763. The molecule has 0 aliphatic rings. The maximum atomic E-state index is 12.6. The SMILES string of the molecule is CCc1nnc(NC(=O)c2ccccc2NC(=O)CSc2ccccc2)s1. The first-order valence-corrected chi connectivity index (χ1v) is 10.2. The first-order chi connectivity index (χ1) is 13.2. The van der Waals surface area contributed by atoms with Crippen molar-refractivity contribution in [2.24, 2.45) is 0 Å². The average molecular weight is 399 g/mol. The number of hydrogen-bond acceptors (Lipinski definition) is 6. The molecule has 0 unspecified atom stereocenters. The van der Waals surface area contributed by atoms with Crippen LogP contribution in [0.15, 0.2) is 59.5 Å². The van der Waals surface area contributed by atoms with Gasteiger partial charge in [-0.25, -0.2) is 0 Å². The molecule has 0 radical (unpaired) electrons. The van der Waals surface area contributed by atoms with Crippen molar-refractivity contribution in [3.05, 3.63) is 65.2 Å². The predicted octanol–water partition coefficient (Wildman–Crippen LogP) is 4.08. The van der Waals surface area contributed by atoms with Crippen molar-refractivity contribution in [1.29, 1.82) is 0 Å². The smallest absolute Gasteiger partial charge is 0.259 e. The molecular weight excluding hydrogens is 380 g/mol.